The van der Waals surface area contributed by atoms with Gasteiger partial charge in [-0.3, -0.25) is 4.90 Å². The van der Waals surface area contributed by atoms with Crippen LogP contribution in [-0.2, 0) is 12.0 Å². The summed E-state index contributed by atoms with van der Waals surface area (Å²) in [6, 6.07) is 11.6. The van der Waals surface area contributed by atoms with Crippen LogP contribution in [0.5, 0.6) is 0 Å². The van der Waals surface area contributed by atoms with Gasteiger partial charge in [0.25, 0.3) is 0 Å². The second-order valence-electron chi connectivity index (χ2n) is 6.88. The molecule has 0 radical (unpaired) electrons. The first kappa shape index (κ1) is 15.8. The molecule has 2 N–H and O–H groups in total. The highest BCUT2D eigenvalue weighted by Gasteiger charge is 2.38. The predicted molar refractivity (Wildman–Crippen MR) is 90.6 cm³/mol. The molecule has 0 aliphatic carbocycles. The first-order valence-corrected chi connectivity index (χ1v) is 8.17. The molecule has 1 fully saturated rings. The summed E-state index contributed by atoms with van der Waals surface area (Å²) in [7, 11) is 0. The van der Waals surface area contributed by atoms with Gasteiger partial charge in [0.1, 0.15) is 0 Å². The van der Waals surface area contributed by atoms with Crippen molar-refractivity contribution in [3.63, 3.8) is 0 Å². The Bertz CT molecular complexity index is 680. The number of carboxylic acid groups (broad SMARTS) is 1. The number of rotatable bonds is 4. The number of likely N-dealkylation sites (tertiary alicyclic amines) is 1. The van der Waals surface area contributed by atoms with Crippen molar-refractivity contribution < 1.29 is 9.90 Å². The third-order valence-electron chi connectivity index (χ3n) is 5.39. The zero-order chi connectivity index (χ0) is 16.4. The topological polar surface area (TPSA) is 56.3 Å². The normalized spacial score (nSPS) is 25.4. The van der Waals surface area contributed by atoms with Gasteiger partial charge in [-0.15, -0.1) is 0 Å². The average Bonchev–Trinajstić information content (AvgIpc) is 3.04. The molecular weight excluding hydrogens is 288 g/mol. The van der Waals surface area contributed by atoms with Crippen molar-refractivity contribution in [3.8, 4) is 0 Å². The van der Waals surface area contributed by atoms with Gasteiger partial charge in [0, 0.05) is 25.0 Å². The number of carboxylic acids is 1. The fourth-order valence-corrected chi connectivity index (χ4v) is 3.60. The van der Waals surface area contributed by atoms with Crippen molar-refractivity contribution in [3.05, 3.63) is 59.4 Å². The first-order chi connectivity index (χ1) is 11.0. The van der Waals surface area contributed by atoms with Crippen LogP contribution in [0.1, 0.15) is 41.9 Å². The van der Waals surface area contributed by atoms with Gasteiger partial charge in [0.2, 0.25) is 0 Å². The largest absolute Gasteiger partial charge is 0.478 e. The van der Waals surface area contributed by atoms with Crippen LogP contribution in [-0.4, -0.2) is 34.0 Å². The Kier molecular flexibility index (Phi) is 4.26. The van der Waals surface area contributed by atoms with Crippen LogP contribution in [0.25, 0.3) is 0 Å². The number of nitrogens with zero attached hydrogens (tertiary/aromatic N) is 1. The number of hydrogen-bond donors (Lipinski definition) is 2. The lowest BCUT2D eigenvalue weighted by molar-refractivity contribution is 0.0696. The SMILES string of the molecule is CC1CN(Cc2ccc[nH]2)CC[C@@]1(C)c1cccc(C(=O)O)c1. The van der Waals surface area contributed by atoms with E-state index in [4.69, 9.17) is 0 Å². The minimum Gasteiger partial charge on any atom is -0.478 e. The molecule has 1 aliphatic heterocycles. The minimum atomic E-state index is -0.854. The molecular formula is C19H24N2O2. The molecule has 1 saturated heterocycles. The molecule has 23 heavy (non-hydrogen) atoms. The van der Waals surface area contributed by atoms with Crippen LogP contribution in [0.2, 0.25) is 0 Å². The molecule has 0 spiro atoms. The summed E-state index contributed by atoms with van der Waals surface area (Å²) in [4.78, 5) is 17.0. The van der Waals surface area contributed by atoms with E-state index in [9.17, 15) is 9.90 Å². The fraction of sp³-hybridized carbons (Fsp3) is 0.421. The molecule has 3 rings (SSSR count). The van der Waals surface area contributed by atoms with Gasteiger partial charge >= 0.3 is 5.97 Å². The van der Waals surface area contributed by atoms with Gasteiger partial charge in [-0.1, -0.05) is 26.0 Å². The second-order valence-corrected chi connectivity index (χ2v) is 6.88. The van der Waals surface area contributed by atoms with Gasteiger partial charge in [-0.2, -0.15) is 0 Å². The predicted octanol–water partition coefficient (Wildman–Crippen LogP) is 3.51. The lowest BCUT2D eigenvalue weighted by Crippen LogP contribution is -2.47. The highest BCUT2D eigenvalue weighted by atomic mass is 16.4. The Morgan fingerprint density at radius 2 is 2.22 bits per heavy atom. The van der Waals surface area contributed by atoms with Gasteiger partial charge in [-0.25, -0.2) is 4.79 Å². The molecule has 2 aromatic rings. The van der Waals surface area contributed by atoms with Gasteiger partial charge < -0.3 is 10.1 Å². The zero-order valence-corrected chi connectivity index (χ0v) is 13.7. The number of H-pyrrole nitrogens is 1. The Morgan fingerprint density at radius 1 is 1.39 bits per heavy atom. The van der Waals surface area contributed by atoms with Crippen molar-refractivity contribution in [1.29, 1.82) is 0 Å². The summed E-state index contributed by atoms with van der Waals surface area (Å²) in [6.07, 6.45) is 3.00. The van der Waals surface area contributed by atoms with Gasteiger partial charge in [-0.05, 0) is 54.1 Å². The summed E-state index contributed by atoms with van der Waals surface area (Å²) in [6.45, 7) is 7.53. The maximum atomic E-state index is 11.2. The standard InChI is InChI=1S/C19H24N2O2/c1-14-12-21(13-17-7-4-9-20-17)10-8-19(14,2)16-6-3-5-15(11-16)18(22)23/h3-7,9,11,14,20H,8,10,12-13H2,1-2H3,(H,22,23)/t14?,19-/m1/s1. The average molecular weight is 312 g/mol. The summed E-state index contributed by atoms with van der Waals surface area (Å²) >= 11 is 0. The molecule has 2 atom stereocenters. The number of nitrogens with one attached hydrogen (secondary N) is 1. The molecule has 0 saturated carbocycles. The summed E-state index contributed by atoms with van der Waals surface area (Å²) < 4.78 is 0. The van der Waals surface area contributed by atoms with Crippen molar-refractivity contribution in [1.82, 2.24) is 9.88 Å². The van der Waals surface area contributed by atoms with E-state index in [0.717, 1.165) is 31.6 Å². The molecule has 4 heteroatoms. The first-order valence-electron chi connectivity index (χ1n) is 8.17. The Labute approximate surface area is 137 Å². The maximum absolute atomic E-state index is 11.2. The molecule has 4 nitrogen and oxygen atoms in total. The Hall–Kier alpha value is -2.07. The number of benzene rings is 1. The smallest absolute Gasteiger partial charge is 0.335 e. The summed E-state index contributed by atoms with van der Waals surface area (Å²) in [5.41, 5.74) is 2.79. The van der Waals surface area contributed by atoms with Crippen molar-refractivity contribution >= 4 is 5.97 Å². The molecule has 122 valence electrons. The van der Waals surface area contributed by atoms with Crippen LogP contribution < -0.4 is 0 Å². The Balaban J connectivity index is 1.76. The summed E-state index contributed by atoms with van der Waals surface area (Å²) in [5, 5.41) is 9.23. The van der Waals surface area contributed by atoms with Crippen LogP contribution in [0.3, 0.4) is 0 Å². The molecule has 1 aromatic carbocycles. The second kappa shape index (κ2) is 6.20. The van der Waals surface area contributed by atoms with Crippen LogP contribution >= 0.6 is 0 Å². The molecule has 0 amide bonds. The van der Waals surface area contributed by atoms with Crippen LogP contribution in [0, 0.1) is 5.92 Å². The highest BCUT2D eigenvalue weighted by Crippen LogP contribution is 2.39. The minimum absolute atomic E-state index is 0.0255. The van der Waals surface area contributed by atoms with E-state index in [1.807, 2.05) is 24.4 Å². The number of aromatic amines is 1. The Morgan fingerprint density at radius 3 is 2.87 bits per heavy atom. The number of aromatic carboxylic acids is 1. The lowest BCUT2D eigenvalue weighted by Gasteiger charge is -2.45. The van der Waals surface area contributed by atoms with Crippen molar-refractivity contribution in [2.24, 2.45) is 5.92 Å². The van der Waals surface area contributed by atoms with E-state index in [-0.39, 0.29) is 5.41 Å². The van der Waals surface area contributed by atoms with Crippen molar-refractivity contribution in [2.45, 2.75) is 32.2 Å². The van der Waals surface area contributed by atoms with E-state index in [0.29, 0.717) is 11.5 Å². The summed E-state index contributed by atoms with van der Waals surface area (Å²) in [5.74, 6) is -0.387. The third-order valence-corrected chi connectivity index (χ3v) is 5.39. The number of piperidine rings is 1. The number of hydrogen-bond acceptors (Lipinski definition) is 2. The van der Waals surface area contributed by atoms with Crippen LogP contribution in [0.15, 0.2) is 42.6 Å². The van der Waals surface area contributed by atoms with Gasteiger partial charge in [0.15, 0.2) is 0 Å². The molecule has 1 unspecified atom stereocenters. The number of carbonyl (C=O) groups is 1. The monoisotopic (exact) mass is 312 g/mol. The van der Waals surface area contributed by atoms with E-state index in [1.165, 1.54) is 5.69 Å². The van der Waals surface area contributed by atoms with Crippen molar-refractivity contribution in [2.75, 3.05) is 13.1 Å². The molecule has 2 heterocycles. The lowest BCUT2D eigenvalue weighted by atomic mass is 9.68. The quantitative estimate of drug-likeness (QED) is 0.908. The van der Waals surface area contributed by atoms with Gasteiger partial charge in [0.05, 0.1) is 5.56 Å². The maximum Gasteiger partial charge on any atom is 0.335 e. The fourth-order valence-electron chi connectivity index (χ4n) is 3.60. The highest BCUT2D eigenvalue weighted by molar-refractivity contribution is 5.87. The molecule has 1 aromatic heterocycles. The van der Waals surface area contributed by atoms with E-state index in [2.05, 4.69) is 35.9 Å². The van der Waals surface area contributed by atoms with E-state index >= 15 is 0 Å². The molecule has 0 bridgehead atoms. The van der Waals surface area contributed by atoms with E-state index < -0.39 is 5.97 Å². The number of aromatic nitrogens is 1. The molecule has 1 aliphatic rings. The van der Waals surface area contributed by atoms with E-state index in [1.54, 1.807) is 6.07 Å². The van der Waals surface area contributed by atoms with Crippen LogP contribution in [0.4, 0.5) is 0 Å². The zero-order valence-electron chi connectivity index (χ0n) is 13.7. The third kappa shape index (κ3) is 3.17.